The van der Waals surface area contributed by atoms with Crippen molar-refractivity contribution in [3.05, 3.63) is 29.8 Å². The summed E-state index contributed by atoms with van der Waals surface area (Å²) in [5, 5.41) is 5.15. The summed E-state index contributed by atoms with van der Waals surface area (Å²) in [7, 11) is -1.14. The average molecular weight is 264 g/mol. The lowest BCUT2D eigenvalue weighted by Crippen LogP contribution is -2.37. The minimum atomic E-state index is -1.14. The number of hydrogen-bond acceptors (Lipinski definition) is 1. The molecule has 0 aliphatic carbocycles. The summed E-state index contributed by atoms with van der Waals surface area (Å²) < 4.78 is 0. The van der Waals surface area contributed by atoms with Crippen LogP contribution in [0.15, 0.2) is 24.3 Å². The molecule has 0 aliphatic rings. The molecule has 1 nitrogen and oxygen atoms in total. The highest BCUT2D eigenvalue weighted by Crippen LogP contribution is 2.06. The number of nitrogens with one attached hydrogen (secondary N) is 1. The molecule has 1 rings (SSSR count). The Balaban J connectivity index is 2.44. The molecule has 0 bridgehead atoms. The Morgan fingerprint density at radius 2 is 1.72 bits per heavy atom. The standard InChI is InChI=1S/C16H29NSi/c1-6-7-8-14(2)17-13-15-9-11-16(12-10-15)18(3,4)5/h9-12,14,17H,6-8,13H2,1-5H3. The second-order valence-electron chi connectivity index (χ2n) is 6.37. The van der Waals surface area contributed by atoms with Gasteiger partial charge in [0.1, 0.15) is 0 Å². The van der Waals surface area contributed by atoms with Gasteiger partial charge in [-0.25, -0.2) is 0 Å². The molecular weight excluding hydrogens is 234 g/mol. The van der Waals surface area contributed by atoms with Gasteiger partial charge in [0.2, 0.25) is 0 Å². The predicted octanol–water partition coefficient (Wildman–Crippen LogP) is 3.90. The largest absolute Gasteiger partial charge is 0.310 e. The predicted molar refractivity (Wildman–Crippen MR) is 85.2 cm³/mol. The zero-order valence-electron chi connectivity index (χ0n) is 12.7. The van der Waals surface area contributed by atoms with Gasteiger partial charge in [-0.2, -0.15) is 0 Å². The van der Waals surface area contributed by atoms with Crippen molar-refractivity contribution >= 4 is 13.3 Å². The smallest absolute Gasteiger partial charge is 0.0775 e. The van der Waals surface area contributed by atoms with Crippen LogP contribution < -0.4 is 10.5 Å². The van der Waals surface area contributed by atoms with Crippen molar-refractivity contribution in [1.29, 1.82) is 0 Å². The first-order valence-electron chi connectivity index (χ1n) is 7.26. The fourth-order valence-corrected chi connectivity index (χ4v) is 3.19. The first-order chi connectivity index (χ1) is 8.43. The van der Waals surface area contributed by atoms with Gasteiger partial charge in [-0.05, 0) is 18.9 Å². The summed E-state index contributed by atoms with van der Waals surface area (Å²) in [6, 6.07) is 9.83. The molecular formula is C16H29NSi. The Hall–Kier alpha value is -0.603. The molecule has 0 aromatic heterocycles. The zero-order valence-corrected chi connectivity index (χ0v) is 13.7. The number of hydrogen-bond donors (Lipinski definition) is 1. The molecule has 1 atom stereocenters. The fraction of sp³-hybridized carbons (Fsp3) is 0.625. The fourth-order valence-electron chi connectivity index (χ4n) is 2.03. The summed E-state index contributed by atoms with van der Waals surface area (Å²) >= 11 is 0. The lowest BCUT2D eigenvalue weighted by Gasteiger charge is -2.17. The molecule has 102 valence electrons. The van der Waals surface area contributed by atoms with Gasteiger partial charge in [0.15, 0.2) is 0 Å². The van der Waals surface area contributed by atoms with Crippen molar-refractivity contribution in [3.8, 4) is 0 Å². The van der Waals surface area contributed by atoms with Crippen molar-refractivity contribution in [2.75, 3.05) is 0 Å². The van der Waals surface area contributed by atoms with Crippen molar-refractivity contribution in [2.24, 2.45) is 0 Å². The third-order valence-corrected chi connectivity index (χ3v) is 5.53. The van der Waals surface area contributed by atoms with Crippen LogP contribution in [0.4, 0.5) is 0 Å². The van der Waals surface area contributed by atoms with E-state index < -0.39 is 8.07 Å². The molecule has 0 amide bonds. The normalized spacial score (nSPS) is 13.6. The Kier molecular flexibility index (Phi) is 6.10. The molecule has 0 aliphatic heterocycles. The maximum absolute atomic E-state index is 3.60. The van der Waals surface area contributed by atoms with E-state index >= 15 is 0 Å². The van der Waals surface area contributed by atoms with Crippen molar-refractivity contribution < 1.29 is 0 Å². The van der Waals surface area contributed by atoms with Crippen LogP contribution in [0, 0.1) is 0 Å². The molecule has 1 N–H and O–H groups in total. The number of rotatable bonds is 7. The van der Waals surface area contributed by atoms with E-state index in [1.807, 2.05) is 0 Å². The van der Waals surface area contributed by atoms with Gasteiger partial charge in [0.05, 0.1) is 8.07 Å². The SMILES string of the molecule is CCCCC(C)NCc1ccc([Si](C)(C)C)cc1. The van der Waals surface area contributed by atoms with Gasteiger partial charge in [0.25, 0.3) is 0 Å². The van der Waals surface area contributed by atoms with E-state index in [0.717, 1.165) is 6.54 Å². The molecule has 1 aromatic rings. The van der Waals surface area contributed by atoms with Crippen LogP contribution in [0.25, 0.3) is 0 Å². The zero-order chi connectivity index (χ0) is 13.6. The highest BCUT2D eigenvalue weighted by Gasteiger charge is 2.15. The van der Waals surface area contributed by atoms with Crippen LogP contribution in [0.2, 0.25) is 19.6 Å². The lowest BCUT2D eigenvalue weighted by molar-refractivity contribution is 0.495. The van der Waals surface area contributed by atoms with Crippen molar-refractivity contribution in [1.82, 2.24) is 5.32 Å². The molecule has 0 fully saturated rings. The second kappa shape index (κ2) is 7.10. The minimum absolute atomic E-state index is 0.626. The number of unbranched alkanes of at least 4 members (excludes halogenated alkanes) is 1. The van der Waals surface area contributed by atoms with E-state index in [4.69, 9.17) is 0 Å². The van der Waals surface area contributed by atoms with Gasteiger partial charge in [-0.1, -0.05) is 68.9 Å². The topological polar surface area (TPSA) is 12.0 Å². The molecule has 0 saturated heterocycles. The summed E-state index contributed by atoms with van der Waals surface area (Å²) in [4.78, 5) is 0. The lowest BCUT2D eigenvalue weighted by atomic mass is 10.1. The molecule has 0 heterocycles. The molecule has 0 saturated carbocycles. The van der Waals surface area contributed by atoms with Crippen LogP contribution >= 0.6 is 0 Å². The van der Waals surface area contributed by atoms with E-state index in [0.29, 0.717) is 6.04 Å². The molecule has 0 spiro atoms. The molecule has 1 aromatic carbocycles. The van der Waals surface area contributed by atoms with E-state index in [9.17, 15) is 0 Å². The van der Waals surface area contributed by atoms with Gasteiger partial charge in [-0.15, -0.1) is 0 Å². The maximum atomic E-state index is 3.60. The Labute approximate surface area is 114 Å². The first kappa shape index (κ1) is 15.5. The molecule has 2 heteroatoms. The van der Waals surface area contributed by atoms with E-state index in [2.05, 4.69) is 63.1 Å². The minimum Gasteiger partial charge on any atom is -0.310 e. The van der Waals surface area contributed by atoms with E-state index in [1.165, 1.54) is 24.8 Å². The van der Waals surface area contributed by atoms with E-state index in [1.54, 1.807) is 5.19 Å². The van der Waals surface area contributed by atoms with Crippen LogP contribution in [-0.4, -0.2) is 14.1 Å². The third-order valence-electron chi connectivity index (χ3n) is 3.47. The quantitative estimate of drug-likeness (QED) is 0.736. The van der Waals surface area contributed by atoms with Crippen LogP contribution in [0.3, 0.4) is 0 Å². The van der Waals surface area contributed by atoms with Crippen molar-refractivity contribution in [2.45, 2.75) is 65.3 Å². The highest BCUT2D eigenvalue weighted by molar-refractivity contribution is 6.88. The summed E-state index contributed by atoms with van der Waals surface area (Å²) in [6.45, 7) is 12.7. The molecule has 0 radical (unpaired) electrons. The van der Waals surface area contributed by atoms with Crippen molar-refractivity contribution in [3.63, 3.8) is 0 Å². The highest BCUT2D eigenvalue weighted by atomic mass is 28.3. The van der Waals surface area contributed by atoms with Gasteiger partial charge >= 0.3 is 0 Å². The van der Waals surface area contributed by atoms with Gasteiger partial charge in [-0.3, -0.25) is 0 Å². The van der Waals surface area contributed by atoms with Crippen LogP contribution in [-0.2, 0) is 6.54 Å². The Morgan fingerprint density at radius 3 is 2.22 bits per heavy atom. The monoisotopic (exact) mass is 263 g/mol. The maximum Gasteiger partial charge on any atom is 0.0775 e. The third kappa shape index (κ3) is 5.36. The second-order valence-corrected chi connectivity index (χ2v) is 11.4. The summed E-state index contributed by atoms with van der Waals surface area (Å²) in [5.74, 6) is 0. The number of benzene rings is 1. The van der Waals surface area contributed by atoms with Gasteiger partial charge < -0.3 is 5.32 Å². The summed E-state index contributed by atoms with van der Waals surface area (Å²) in [6.07, 6.45) is 3.89. The Bertz CT molecular complexity index is 337. The van der Waals surface area contributed by atoms with E-state index in [-0.39, 0.29) is 0 Å². The van der Waals surface area contributed by atoms with Crippen LogP contribution in [0.5, 0.6) is 0 Å². The van der Waals surface area contributed by atoms with Crippen LogP contribution in [0.1, 0.15) is 38.7 Å². The molecule has 1 unspecified atom stereocenters. The van der Waals surface area contributed by atoms with Gasteiger partial charge in [0, 0.05) is 12.6 Å². The summed E-state index contributed by atoms with van der Waals surface area (Å²) in [5.41, 5.74) is 1.40. The first-order valence-corrected chi connectivity index (χ1v) is 10.8. The Morgan fingerprint density at radius 1 is 1.11 bits per heavy atom. The molecule has 18 heavy (non-hydrogen) atoms. The average Bonchev–Trinajstić information content (AvgIpc) is 2.33.